The van der Waals surface area contributed by atoms with Crippen molar-refractivity contribution in [3.8, 4) is 11.9 Å². The molecule has 5 rings (SSSR count). The van der Waals surface area contributed by atoms with Crippen molar-refractivity contribution < 1.29 is 0 Å². The summed E-state index contributed by atoms with van der Waals surface area (Å²) in [6, 6.07) is 6.65. The zero-order chi connectivity index (χ0) is 23.3. The molecule has 0 amide bonds. The van der Waals surface area contributed by atoms with Crippen molar-refractivity contribution in [2.45, 2.75) is 25.8 Å². The molecule has 33 heavy (non-hydrogen) atoms. The molecule has 0 saturated heterocycles. The van der Waals surface area contributed by atoms with E-state index in [9.17, 15) is 10.1 Å². The van der Waals surface area contributed by atoms with Crippen molar-refractivity contribution in [2.75, 3.05) is 11.1 Å². The molecule has 166 valence electrons. The van der Waals surface area contributed by atoms with Gasteiger partial charge in [0.2, 0.25) is 5.95 Å². The Balaban J connectivity index is 1.77. The Labute approximate surface area is 197 Å². The molecule has 0 spiro atoms. The van der Waals surface area contributed by atoms with Crippen LogP contribution in [0.4, 0.5) is 11.8 Å². The molecule has 0 aliphatic heterocycles. The van der Waals surface area contributed by atoms with Crippen molar-refractivity contribution in [3.05, 3.63) is 61.9 Å². The predicted molar refractivity (Wildman–Crippen MR) is 124 cm³/mol. The standard InChI is InChI=1S/C21H17Cl2N9O/c1-9-8-26-31-18(9)32-19(27-13-4-2-3-12(22)14(13)20(32)33)15(10-5-6-10)28-17-11(7-24)16(23)29-21(25)30-17/h2-4,8,10,15H,5-6H2,1H3,(H,26,31)(H3,25,28,29,30). The molecule has 10 nitrogen and oxygen atoms in total. The summed E-state index contributed by atoms with van der Waals surface area (Å²) < 4.78 is 1.45. The van der Waals surface area contributed by atoms with Gasteiger partial charge >= 0.3 is 0 Å². The van der Waals surface area contributed by atoms with Crippen molar-refractivity contribution >= 4 is 45.9 Å². The molecule has 1 saturated carbocycles. The van der Waals surface area contributed by atoms with E-state index in [1.165, 1.54) is 4.57 Å². The molecule has 1 atom stereocenters. The second-order valence-electron chi connectivity index (χ2n) is 7.80. The molecule has 0 bridgehead atoms. The summed E-state index contributed by atoms with van der Waals surface area (Å²) in [6.45, 7) is 1.84. The number of aryl methyl sites for hydroxylation is 1. The van der Waals surface area contributed by atoms with E-state index < -0.39 is 6.04 Å². The van der Waals surface area contributed by atoms with Crippen molar-refractivity contribution in [2.24, 2.45) is 5.92 Å². The van der Waals surface area contributed by atoms with Gasteiger partial charge in [0.15, 0.2) is 16.8 Å². The van der Waals surface area contributed by atoms with Crippen molar-refractivity contribution in [1.29, 1.82) is 5.26 Å². The van der Waals surface area contributed by atoms with Gasteiger partial charge in [0, 0.05) is 11.8 Å². The Bertz CT molecular complexity index is 1500. The number of aromatic amines is 1. The van der Waals surface area contributed by atoms with Gasteiger partial charge in [0.1, 0.15) is 17.5 Å². The molecule has 4 aromatic rings. The van der Waals surface area contributed by atoms with E-state index in [2.05, 4.69) is 25.5 Å². The number of nitrogen functional groups attached to an aromatic ring is 1. The molecule has 1 fully saturated rings. The third kappa shape index (κ3) is 3.65. The summed E-state index contributed by atoms with van der Waals surface area (Å²) >= 11 is 12.5. The second-order valence-corrected chi connectivity index (χ2v) is 8.57. The van der Waals surface area contributed by atoms with Crippen LogP contribution in [0.1, 0.15) is 35.8 Å². The summed E-state index contributed by atoms with van der Waals surface area (Å²) in [6.07, 6.45) is 3.49. The molecule has 1 aliphatic carbocycles. The lowest BCUT2D eigenvalue weighted by Gasteiger charge is -2.23. The zero-order valence-corrected chi connectivity index (χ0v) is 18.8. The largest absolute Gasteiger partial charge is 0.368 e. The van der Waals surface area contributed by atoms with E-state index in [0.717, 1.165) is 18.4 Å². The Morgan fingerprint density at radius 1 is 1.30 bits per heavy atom. The fourth-order valence-electron chi connectivity index (χ4n) is 3.81. The number of rotatable bonds is 5. The van der Waals surface area contributed by atoms with Gasteiger partial charge in [-0.1, -0.05) is 29.3 Å². The van der Waals surface area contributed by atoms with Gasteiger partial charge < -0.3 is 11.1 Å². The number of anilines is 2. The maximum Gasteiger partial charge on any atom is 0.268 e. The maximum absolute atomic E-state index is 13.7. The van der Waals surface area contributed by atoms with Crippen LogP contribution < -0.4 is 16.6 Å². The predicted octanol–water partition coefficient (Wildman–Crippen LogP) is 3.53. The van der Waals surface area contributed by atoms with Gasteiger partial charge in [-0.2, -0.15) is 20.3 Å². The lowest BCUT2D eigenvalue weighted by Crippen LogP contribution is -2.30. The highest BCUT2D eigenvalue weighted by atomic mass is 35.5. The highest BCUT2D eigenvalue weighted by Gasteiger charge is 2.37. The maximum atomic E-state index is 13.7. The normalized spacial score (nSPS) is 14.2. The van der Waals surface area contributed by atoms with Crippen LogP contribution in [-0.4, -0.2) is 29.7 Å². The minimum atomic E-state index is -0.477. The van der Waals surface area contributed by atoms with E-state index in [-0.39, 0.29) is 34.0 Å². The SMILES string of the molecule is Cc1c[nH]nc1-n1c(C(Nc2nc(N)nc(Cl)c2C#N)C2CC2)nc2cccc(Cl)c2c1=O. The molecule has 1 aliphatic rings. The first-order chi connectivity index (χ1) is 15.9. The molecule has 4 N–H and O–H groups in total. The number of nitrogens with one attached hydrogen (secondary N) is 2. The number of hydrogen-bond donors (Lipinski definition) is 3. The zero-order valence-electron chi connectivity index (χ0n) is 17.3. The van der Waals surface area contributed by atoms with Gasteiger partial charge in [0.05, 0.1) is 22.0 Å². The molecule has 1 aromatic carbocycles. The third-order valence-corrected chi connectivity index (χ3v) is 6.13. The number of H-pyrrole nitrogens is 1. The Hall–Kier alpha value is -3.68. The van der Waals surface area contributed by atoms with Crippen LogP contribution in [0.25, 0.3) is 16.7 Å². The fourth-order valence-corrected chi connectivity index (χ4v) is 4.28. The fraction of sp³-hybridized carbons (Fsp3) is 0.238. The van der Waals surface area contributed by atoms with Crippen LogP contribution in [0, 0.1) is 24.2 Å². The van der Waals surface area contributed by atoms with Gasteiger partial charge in [0.25, 0.3) is 5.56 Å². The molecule has 3 aromatic heterocycles. The first kappa shape index (κ1) is 21.2. The number of benzene rings is 1. The number of fused-ring (bicyclic) bond motifs is 1. The van der Waals surface area contributed by atoms with Crippen molar-refractivity contribution in [3.63, 3.8) is 0 Å². The number of nitrogens with zero attached hydrogens (tertiary/aromatic N) is 6. The second kappa shape index (κ2) is 8.03. The van der Waals surface area contributed by atoms with Crippen LogP contribution in [0.15, 0.2) is 29.2 Å². The molecule has 12 heteroatoms. The Morgan fingerprint density at radius 2 is 2.09 bits per heavy atom. The van der Waals surface area contributed by atoms with Crippen LogP contribution in [0.5, 0.6) is 0 Å². The monoisotopic (exact) mass is 481 g/mol. The number of nitriles is 1. The van der Waals surface area contributed by atoms with Crippen molar-refractivity contribution in [1.82, 2.24) is 29.7 Å². The molecule has 3 heterocycles. The average molecular weight is 482 g/mol. The minimum Gasteiger partial charge on any atom is -0.368 e. The van der Waals surface area contributed by atoms with Gasteiger partial charge in [-0.3, -0.25) is 9.89 Å². The molecule has 0 radical (unpaired) electrons. The van der Waals surface area contributed by atoms with E-state index in [1.807, 2.05) is 13.0 Å². The van der Waals surface area contributed by atoms with E-state index in [4.69, 9.17) is 33.9 Å². The lowest BCUT2D eigenvalue weighted by molar-refractivity contribution is 0.604. The number of halogens is 2. The molecule has 1 unspecified atom stereocenters. The van der Waals surface area contributed by atoms with Gasteiger partial charge in [-0.15, -0.1) is 0 Å². The average Bonchev–Trinajstić information content (AvgIpc) is 3.52. The molecular weight excluding hydrogens is 465 g/mol. The first-order valence-corrected chi connectivity index (χ1v) is 10.9. The van der Waals surface area contributed by atoms with Gasteiger partial charge in [-0.25, -0.2) is 9.55 Å². The number of hydrogen-bond acceptors (Lipinski definition) is 8. The third-order valence-electron chi connectivity index (χ3n) is 5.55. The Morgan fingerprint density at radius 3 is 2.76 bits per heavy atom. The quantitative estimate of drug-likeness (QED) is 0.366. The van der Waals surface area contributed by atoms with E-state index >= 15 is 0 Å². The summed E-state index contributed by atoms with van der Waals surface area (Å²) in [5.41, 5.74) is 6.71. The lowest BCUT2D eigenvalue weighted by atomic mass is 10.1. The summed E-state index contributed by atoms with van der Waals surface area (Å²) in [4.78, 5) is 26.5. The number of aromatic nitrogens is 6. The van der Waals surface area contributed by atoms with E-state index in [1.54, 1.807) is 24.4 Å². The highest BCUT2D eigenvalue weighted by Crippen LogP contribution is 2.43. The Kier molecular flexibility index (Phi) is 5.15. The topological polar surface area (TPSA) is 151 Å². The smallest absolute Gasteiger partial charge is 0.268 e. The number of nitrogens with two attached hydrogens (primary N) is 1. The van der Waals surface area contributed by atoms with Crippen LogP contribution in [0.2, 0.25) is 10.2 Å². The van der Waals surface area contributed by atoms with Crippen LogP contribution in [0.3, 0.4) is 0 Å². The van der Waals surface area contributed by atoms with Crippen LogP contribution in [-0.2, 0) is 0 Å². The van der Waals surface area contributed by atoms with Crippen LogP contribution >= 0.6 is 23.2 Å². The molecular formula is C21H17Cl2N9O. The summed E-state index contributed by atoms with van der Waals surface area (Å²) in [7, 11) is 0. The minimum absolute atomic E-state index is 0.0548. The summed E-state index contributed by atoms with van der Waals surface area (Å²) in [5, 5.41) is 20.5. The first-order valence-electron chi connectivity index (χ1n) is 10.1. The van der Waals surface area contributed by atoms with Gasteiger partial charge in [-0.05, 0) is 37.8 Å². The summed E-state index contributed by atoms with van der Waals surface area (Å²) in [5.74, 6) is 1.08. The highest BCUT2D eigenvalue weighted by molar-refractivity contribution is 6.35. The van der Waals surface area contributed by atoms with E-state index in [0.29, 0.717) is 27.6 Å².